The second-order valence-corrected chi connectivity index (χ2v) is 17.7. The van der Waals surface area contributed by atoms with Crippen molar-refractivity contribution in [2.75, 3.05) is 39.3 Å². The molecule has 2 fully saturated rings. The van der Waals surface area contributed by atoms with Gasteiger partial charge in [0, 0.05) is 66.9 Å². The van der Waals surface area contributed by atoms with Gasteiger partial charge in [0.05, 0.1) is 11.6 Å². The van der Waals surface area contributed by atoms with E-state index in [2.05, 4.69) is 44.8 Å². The number of aromatic nitrogens is 1. The summed E-state index contributed by atoms with van der Waals surface area (Å²) in [4.78, 5) is 58.2. The van der Waals surface area contributed by atoms with Crippen LogP contribution in [0.5, 0.6) is 11.5 Å². The molecule has 7 N–H and O–H groups in total. The Labute approximate surface area is 388 Å². The molecule has 0 spiro atoms. The van der Waals surface area contributed by atoms with Crippen molar-refractivity contribution in [3.05, 3.63) is 177 Å². The maximum atomic E-state index is 13.5. The number of aliphatic hydroxyl groups is 2. The Kier molecular flexibility index (Phi) is 14.8. The van der Waals surface area contributed by atoms with Gasteiger partial charge in [-0.05, 0) is 110 Å². The molecule has 14 heteroatoms. The third-order valence-corrected chi connectivity index (χ3v) is 13.1. The minimum atomic E-state index is -2.36. The van der Waals surface area contributed by atoms with Crippen molar-refractivity contribution in [2.45, 2.75) is 62.9 Å². The molecule has 2 saturated heterocycles. The number of nitrogens with one attached hydrogen (secondary N) is 3. The third kappa shape index (κ3) is 11.2. The number of aliphatic hydroxyl groups excluding tert-OH is 1. The molecule has 0 unspecified atom stereocenters. The van der Waals surface area contributed by atoms with Gasteiger partial charge in [0.2, 0.25) is 11.2 Å². The van der Waals surface area contributed by atoms with Gasteiger partial charge in [0.25, 0.3) is 11.8 Å². The number of hydrogen-bond acceptors (Lipinski definition) is 10. The van der Waals surface area contributed by atoms with E-state index in [1.54, 1.807) is 59.5 Å². The van der Waals surface area contributed by atoms with Crippen LogP contribution >= 0.6 is 0 Å². The molecule has 0 radical (unpaired) electrons. The summed E-state index contributed by atoms with van der Waals surface area (Å²) < 4.78 is 5.94. The number of phenols is 1. The van der Waals surface area contributed by atoms with Crippen LogP contribution in [-0.4, -0.2) is 98.4 Å². The number of H-pyrrole nitrogens is 1. The highest BCUT2D eigenvalue weighted by atomic mass is 16.5. The number of aromatic hydroxyl groups is 1. The lowest BCUT2D eigenvalue weighted by Crippen LogP contribution is -2.50. The van der Waals surface area contributed by atoms with Gasteiger partial charge in [-0.1, -0.05) is 84.9 Å². The maximum Gasteiger partial charge on any atom is 0.345 e. The van der Waals surface area contributed by atoms with E-state index in [-0.39, 0.29) is 59.1 Å². The molecule has 0 aliphatic carbocycles. The number of phenolic OH excluding ortho intramolecular Hbond substituents is 1. The van der Waals surface area contributed by atoms with Gasteiger partial charge >= 0.3 is 5.97 Å². The Bertz CT molecular complexity index is 2740. The van der Waals surface area contributed by atoms with Crippen LogP contribution in [0.25, 0.3) is 10.9 Å². The van der Waals surface area contributed by atoms with Crippen LogP contribution in [0.4, 0.5) is 0 Å². The number of nitrogens with zero attached hydrogens (tertiary/aromatic N) is 2. The maximum absolute atomic E-state index is 13.5. The topological polar surface area (TPSA) is 205 Å². The fourth-order valence-electron chi connectivity index (χ4n) is 9.37. The molecule has 2 aliphatic heterocycles. The molecule has 5 aromatic carbocycles. The largest absolute Gasteiger partial charge is 0.506 e. The number of rotatable bonds is 17. The lowest BCUT2D eigenvalue weighted by Gasteiger charge is -2.33. The van der Waals surface area contributed by atoms with E-state index in [0.29, 0.717) is 66.9 Å². The number of benzene rings is 5. The highest BCUT2D eigenvalue weighted by Crippen LogP contribution is 2.36. The second kappa shape index (κ2) is 21.2. The minimum Gasteiger partial charge on any atom is -0.506 e. The number of carboxylic acids is 1. The highest BCUT2D eigenvalue weighted by Gasteiger charge is 2.42. The van der Waals surface area contributed by atoms with Gasteiger partial charge in [-0.2, -0.15) is 0 Å². The number of aliphatic carboxylic acids is 1. The Morgan fingerprint density at radius 3 is 2.37 bits per heavy atom. The second-order valence-electron chi connectivity index (χ2n) is 17.7. The molecule has 14 nitrogen and oxygen atoms in total. The van der Waals surface area contributed by atoms with Gasteiger partial charge < -0.3 is 45.7 Å². The van der Waals surface area contributed by atoms with E-state index in [0.717, 1.165) is 43.6 Å². The zero-order chi connectivity index (χ0) is 46.9. The number of pyridine rings is 1. The smallest absolute Gasteiger partial charge is 0.345 e. The predicted molar refractivity (Wildman–Crippen MR) is 254 cm³/mol. The molecule has 3 atom stereocenters. The normalized spacial score (nSPS) is 17.1. The summed E-state index contributed by atoms with van der Waals surface area (Å²) in [6, 6.07) is 36.7. The van der Waals surface area contributed by atoms with Crippen LogP contribution in [0.2, 0.25) is 0 Å². The van der Waals surface area contributed by atoms with E-state index in [4.69, 9.17) is 4.74 Å². The van der Waals surface area contributed by atoms with Gasteiger partial charge in [-0.3, -0.25) is 19.3 Å². The Hall–Kier alpha value is -6.84. The number of carboxylic acid groups (broad SMARTS) is 1. The van der Waals surface area contributed by atoms with E-state index in [1.165, 1.54) is 23.8 Å². The van der Waals surface area contributed by atoms with Crippen molar-refractivity contribution < 1.29 is 39.5 Å². The summed E-state index contributed by atoms with van der Waals surface area (Å²) in [5.74, 6) is -1.46. The molecule has 67 heavy (non-hydrogen) atoms. The Morgan fingerprint density at radius 2 is 1.60 bits per heavy atom. The van der Waals surface area contributed by atoms with E-state index >= 15 is 0 Å². The molecule has 0 bridgehead atoms. The van der Waals surface area contributed by atoms with Crippen LogP contribution in [0.3, 0.4) is 0 Å². The quantitative estimate of drug-likeness (QED) is 0.0598. The number of piperidine rings is 2. The lowest BCUT2D eigenvalue weighted by atomic mass is 9.80. The first kappa shape index (κ1) is 46.7. The van der Waals surface area contributed by atoms with Crippen molar-refractivity contribution in [2.24, 2.45) is 5.92 Å². The van der Waals surface area contributed by atoms with Crippen LogP contribution in [-0.2, 0) is 34.7 Å². The van der Waals surface area contributed by atoms with Crippen LogP contribution in [0.15, 0.2) is 132 Å². The molecule has 6 aromatic rings. The number of amides is 2. The first-order valence-corrected chi connectivity index (χ1v) is 22.9. The van der Waals surface area contributed by atoms with Gasteiger partial charge in [-0.25, -0.2) is 4.79 Å². The number of likely N-dealkylation sites (tertiary alicyclic amines) is 2. The summed E-state index contributed by atoms with van der Waals surface area (Å²) in [5.41, 5.74) is 1.96. The number of ether oxygens (including phenoxy) is 1. The Morgan fingerprint density at radius 1 is 0.836 bits per heavy atom. The number of carbonyl (C=O) groups is 3. The van der Waals surface area contributed by atoms with E-state index < -0.39 is 17.7 Å². The van der Waals surface area contributed by atoms with Crippen LogP contribution in [0.1, 0.15) is 75.5 Å². The number of aromatic amines is 1. The average Bonchev–Trinajstić information content (AvgIpc) is 3.34. The molecular weight excluding hydrogens is 851 g/mol. The molecule has 348 valence electrons. The molecule has 0 saturated carbocycles. The SMILES string of the molecule is O=C(N[C@H]1CCCN(C(=O)COc2cccc([C@@](O)(C(=O)O)c3ccccc3CC3CCN(Cc4ccccc4)CC3)c2)C1)c1ccc(CNC[C@H](O)c2ccc(O)c3[nH]c(=O)ccc23)cc1. The fraction of sp³-hybridized carbons (Fsp3) is 0.321. The van der Waals surface area contributed by atoms with Crippen molar-refractivity contribution in [1.82, 2.24) is 25.4 Å². The number of hydrogen-bond donors (Lipinski definition) is 7. The molecule has 2 aliphatic rings. The van der Waals surface area contributed by atoms with E-state index in [9.17, 15) is 39.6 Å². The standard InChI is InChI=1S/C53H57N5O9/c59-46-21-19-43(44-20-22-48(61)56-50(44)46)47(60)31-54-30-36-15-17-38(18-16-36)51(63)55-41-12-7-25-58(33-41)49(62)34-67-42-13-6-11-40(29-42)53(66,52(64)65)45-14-5-4-10-39(45)28-35-23-26-57(27-24-35)32-37-8-2-1-3-9-37/h1-6,8-11,13-22,29,35,41,47,54,59-60,66H,7,12,23-28,30-34H2,(H,55,63)(H,56,61)(H,64,65)/t41-,47-,53-/m0/s1. The number of fused-ring (bicyclic) bond motifs is 1. The first-order valence-electron chi connectivity index (χ1n) is 22.9. The first-order chi connectivity index (χ1) is 32.4. The summed E-state index contributed by atoms with van der Waals surface area (Å²) >= 11 is 0. The fourth-order valence-corrected chi connectivity index (χ4v) is 9.37. The van der Waals surface area contributed by atoms with Crippen LogP contribution < -0.4 is 20.9 Å². The summed E-state index contributed by atoms with van der Waals surface area (Å²) in [7, 11) is 0. The molecule has 2 amide bonds. The summed E-state index contributed by atoms with van der Waals surface area (Å²) in [6.45, 7) is 3.88. The summed E-state index contributed by atoms with van der Waals surface area (Å²) in [6.07, 6.45) is 3.03. The van der Waals surface area contributed by atoms with Gasteiger partial charge in [0.15, 0.2) is 6.61 Å². The average molecular weight is 908 g/mol. The monoisotopic (exact) mass is 907 g/mol. The van der Waals surface area contributed by atoms with Crippen molar-refractivity contribution in [3.63, 3.8) is 0 Å². The lowest BCUT2D eigenvalue weighted by molar-refractivity contribution is -0.155. The van der Waals surface area contributed by atoms with E-state index in [1.807, 2.05) is 30.3 Å². The Balaban J connectivity index is 0.818. The molecular formula is C53H57N5O9. The molecule has 8 rings (SSSR count). The zero-order valence-electron chi connectivity index (χ0n) is 37.3. The molecule has 1 aromatic heterocycles. The molecule has 3 heterocycles. The zero-order valence-corrected chi connectivity index (χ0v) is 37.3. The van der Waals surface area contributed by atoms with Gasteiger partial charge in [-0.15, -0.1) is 0 Å². The van der Waals surface area contributed by atoms with Crippen molar-refractivity contribution >= 4 is 28.7 Å². The van der Waals surface area contributed by atoms with Crippen molar-refractivity contribution in [3.8, 4) is 11.5 Å². The predicted octanol–water partition coefficient (Wildman–Crippen LogP) is 5.63. The van der Waals surface area contributed by atoms with Crippen molar-refractivity contribution in [1.29, 1.82) is 0 Å². The number of carbonyl (C=O) groups excluding carboxylic acids is 2. The third-order valence-electron chi connectivity index (χ3n) is 13.1. The highest BCUT2D eigenvalue weighted by molar-refractivity contribution is 5.94. The van der Waals surface area contributed by atoms with Gasteiger partial charge in [0.1, 0.15) is 11.5 Å². The minimum absolute atomic E-state index is 0.0788. The van der Waals surface area contributed by atoms with Crippen LogP contribution in [0, 0.1) is 5.92 Å². The summed E-state index contributed by atoms with van der Waals surface area (Å²) in [5, 5.41) is 50.5.